The van der Waals surface area contributed by atoms with E-state index in [1.54, 1.807) is 37.6 Å². The van der Waals surface area contributed by atoms with Crippen LogP contribution in [0.25, 0.3) is 10.9 Å². The van der Waals surface area contributed by atoms with E-state index in [0.29, 0.717) is 43.3 Å². The summed E-state index contributed by atoms with van der Waals surface area (Å²) in [6, 6.07) is 20.0. The monoisotopic (exact) mass is 603 g/mol. The van der Waals surface area contributed by atoms with Crippen molar-refractivity contribution in [3.05, 3.63) is 89.6 Å². The van der Waals surface area contributed by atoms with Crippen LogP contribution in [0.1, 0.15) is 62.3 Å². The number of urea groups is 1. The molecule has 5 rings (SSSR count). The normalized spacial score (nSPS) is 14.7. The fourth-order valence-corrected chi connectivity index (χ4v) is 7.02. The molecular formula is C34H41N3O5S. The molecule has 0 saturated carbocycles. The van der Waals surface area contributed by atoms with E-state index in [1.165, 1.54) is 3.97 Å². The summed E-state index contributed by atoms with van der Waals surface area (Å²) < 4.78 is 39.8. The van der Waals surface area contributed by atoms with Gasteiger partial charge in [0.2, 0.25) is 0 Å². The van der Waals surface area contributed by atoms with Crippen molar-refractivity contribution in [3.8, 4) is 11.5 Å². The number of carbonyl (C=O) groups is 1. The number of aryl methyl sites for hydroxylation is 1. The molecular weight excluding hydrogens is 562 g/mol. The van der Waals surface area contributed by atoms with Gasteiger partial charge in [0.25, 0.3) is 10.0 Å². The molecule has 1 aliphatic heterocycles. The minimum absolute atomic E-state index is 0.0404. The van der Waals surface area contributed by atoms with Crippen molar-refractivity contribution in [2.45, 2.75) is 63.9 Å². The van der Waals surface area contributed by atoms with Crippen molar-refractivity contribution in [3.63, 3.8) is 0 Å². The van der Waals surface area contributed by atoms with Crippen LogP contribution in [-0.2, 0) is 16.6 Å². The first-order valence-corrected chi connectivity index (χ1v) is 16.5. The van der Waals surface area contributed by atoms with E-state index in [0.717, 1.165) is 47.8 Å². The number of ether oxygens (including phenoxy) is 2. The molecule has 4 aromatic rings. The van der Waals surface area contributed by atoms with E-state index in [2.05, 4.69) is 6.92 Å². The second-order valence-electron chi connectivity index (χ2n) is 11.2. The molecule has 0 bridgehead atoms. The van der Waals surface area contributed by atoms with Crippen LogP contribution < -0.4 is 9.47 Å². The summed E-state index contributed by atoms with van der Waals surface area (Å²) in [5, 5.41) is 0.815. The molecule has 0 aliphatic carbocycles. The molecule has 1 aromatic heterocycles. The molecule has 43 heavy (non-hydrogen) atoms. The highest BCUT2D eigenvalue weighted by Gasteiger charge is 2.31. The van der Waals surface area contributed by atoms with Gasteiger partial charge in [-0.25, -0.2) is 17.2 Å². The lowest BCUT2D eigenvalue weighted by molar-refractivity contribution is 0.109. The number of hydrogen-bond donors (Lipinski definition) is 0. The van der Waals surface area contributed by atoms with E-state index < -0.39 is 10.0 Å². The van der Waals surface area contributed by atoms with Crippen molar-refractivity contribution >= 4 is 27.0 Å². The Hall–Kier alpha value is -3.98. The fraction of sp³-hybridized carbons (Fsp3) is 0.382. The lowest BCUT2D eigenvalue weighted by atomic mass is 10.0. The van der Waals surface area contributed by atoms with E-state index in [1.807, 2.05) is 66.1 Å². The zero-order chi connectivity index (χ0) is 30.6. The number of fused-ring (bicyclic) bond motifs is 1. The highest BCUT2D eigenvalue weighted by Crippen LogP contribution is 2.34. The van der Waals surface area contributed by atoms with Crippen molar-refractivity contribution in [2.24, 2.45) is 0 Å². The van der Waals surface area contributed by atoms with Gasteiger partial charge in [-0.3, -0.25) is 0 Å². The van der Waals surface area contributed by atoms with Crippen LogP contribution in [-0.4, -0.2) is 55.0 Å². The molecule has 228 valence electrons. The van der Waals surface area contributed by atoms with E-state index in [-0.39, 0.29) is 17.0 Å². The Balaban J connectivity index is 1.34. The number of nitrogens with zero attached hydrogens (tertiary/aromatic N) is 3. The number of hydrogen-bond acceptors (Lipinski definition) is 5. The first-order chi connectivity index (χ1) is 20.7. The smallest absolute Gasteiger partial charge is 0.320 e. The summed E-state index contributed by atoms with van der Waals surface area (Å²) in [6.07, 6.45) is 5.69. The molecule has 1 unspecified atom stereocenters. The van der Waals surface area contributed by atoms with Crippen molar-refractivity contribution in [1.29, 1.82) is 0 Å². The second kappa shape index (κ2) is 13.1. The highest BCUT2D eigenvalue weighted by atomic mass is 32.2. The third kappa shape index (κ3) is 6.37. The molecule has 2 amide bonds. The highest BCUT2D eigenvalue weighted by molar-refractivity contribution is 7.90. The van der Waals surface area contributed by atoms with Gasteiger partial charge >= 0.3 is 6.03 Å². The van der Waals surface area contributed by atoms with Gasteiger partial charge in [-0.1, -0.05) is 55.7 Å². The zero-order valence-electron chi connectivity index (χ0n) is 25.5. The lowest BCUT2D eigenvalue weighted by Crippen LogP contribution is -2.49. The van der Waals surface area contributed by atoms with Crippen LogP contribution in [0.5, 0.6) is 11.5 Å². The van der Waals surface area contributed by atoms with Crippen LogP contribution in [0, 0.1) is 6.92 Å². The van der Waals surface area contributed by atoms with Gasteiger partial charge in [-0.2, -0.15) is 0 Å². The molecule has 3 aromatic carbocycles. The maximum atomic E-state index is 13.8. The van der Waals surface area contributed by atoms with Crippen LogP contribution in [0.4, 0.5) is 4.79 Å². The zero-order valence-corrected chi connectivity index (χ0v) is 26.3. The third-order valence-electron chi connectivity index (χ3n) is 8.21. The Morgan fingerprint density at radius 1 is 0.953 bits per heavy atom. The predicted molar refractivity (Wildman–Crippen MR) is 169 cm³/mol. The summed E-state index contributed by atoms with van der Waals surface area (Å²) >= 11 is 0. The standard InChI is InChI=1S/C34H41N3O5S/c1-5-6-7-22-42-32-17-14-27(23-33(32)41-4)26(3)36-20-9-19-35(34(36)38)24-28-10-8-11-31-30(28)18-21-37(31)43(39,40)29-15-12-25(2)13-16-29/h8,10-18,21,23,26H,5-7,9,19-20,22,24H2,1-4H3. The van der Waals surface area contributed by atoms with E-state index in [9.17, 15) is 13.2 Å². The Labute approximate surface area is 254 Å². The molecule has 8 nitrogen and oxygen atoms in total. The molecule has 0 spiro atoms. The molecule has 2 heterocycles. The van der Waals surface area contributed by atoms with Gasteiger partial charge in [0, 0.05) is 31.2 Å². The Kier molecular flexibility index (Phi) is 9.30. The number of carbonyl (C=O) groups excluding carboxylic acids is 1. The topological polar surface area (TPSA) is 81.1 Å². The number of unbranched alkanes of at least 4 members (excludes halogenated alkanes) is 2. The van der Waals surface area contributed by atoms with Gasteiger partial charge in [-0.15, -0.1) is 0 Å². The minimum Gasteiger partial charge on any atom is -0.493 e. The first kappa shape index (κ1) is 30.5. The van der Waals surface area contributed by atoms with Gasteiger partial charge < -0.3 is 19.3 Å². The Bertz CT molecular complexity index is 1680. The number of rotatable bonds is 12. The second-order valence-corrected chi connectivity index (χ2v) is 13.0. The fourth-order valence-electron chi connectivity index (χ4n) is 5.67. The molecule has 1 saturated heterocycles. The largest absolute Gasteiger partial charge is 0.493 e. The summed E-state index contributed by atoms with van der Waals surface area (Å²) in [5.74, 6) is 1.38. The summed E-state index contributed by atoms with van der Waals surface area (Å²) in [6.45, 7) is 8.45. The maximum Gasteiger partial charge on any atom is 0.320 e. The number of methoxy groups -OCH3 is 1. The first-order valence-electron chi connectivity index (χ1n) is 15.0. The van der Waals surface area contributed by atoms with Crippen molar-refractivity contribution in [1.82, 2.24) is 13.8 Å². The summed E-state index contributed by atoms with van der Waals surface area (Å²) in [7, 11) is -2.12. The van der Waals surface area contributed by atoms with Gasteiger partial charge in [0.05, 0.1) is 30.2 Å². The van der Waals surface area contributed by atoms with E-state index in [4.69, 9.17) is 9.47 Å². The van der Waals surface area contributed by atoms with Crippen LogP contribution in [0.3, 0.4) is 0 Å². The van der Waals surface area contributed by atoms with Crippen molar-refractivity contribution < 1.29 is 22.7 Å². The minimum atomic E-state index is -3.76. The maximum absolute atomic E-state index is 13.8. The molecule has 1 atom stereocenters. The van der Waals surface area contributed by atoms with Crippen molar-refractivity contribution in [2.75, 3.05) is 26.8 Å². The summed E-state index contributed by atoms with van der Waals surface area (Å²) in [5.41, 5.74) is 3.48. The van der Waals surface area contributed by atoms with Crippen LogP contribution in [0.2, 0.25) is 0 Å². The van der Waals surface area contributed by atoms with Gasteiger partial charge in [-0.05, 0) is 74.2 Å². The number of aromatic nitrogens is 1. The van der Waals surface area contributed by atoms with Gasteiger partial charge in [0.1, 0.15) is 0 Å². The average molecular weight is 604 g/mol. The average Bonchev–Trinajstić information content (AvgIpc) is 3.46. The molecule has 9 heteroatoms. The lowest BCUT2D eigenvalue weighted by Gasteiger charge is -2.39. The van der Waals surface area contributed by atoms with Crippen LogP contribution >= 0.6 is 0 Å². The molecule has 1 fully saturated rings. The third-order valence-corrected chi connectivity index (χ3v) is 9.92. The Morgan fingerprint density at radius 3 is 2.49 bits per heavy atom. The SMILES string of the molecule is CCCCCOc1ccc(C(C)N2CCCN(Cc3cccc4c3ccn4S(=O)(=O)c3ccc(C)cc3)C2=O)cc1OC. The number of benzene rings is 3. The van der Waals surface area contributed by atoms with Crippen LogP contribution in [0.15, 0.2) is 77.8 Å². The quantitative estimate of drug-likeness (QED) is 0.161. The predicted octanol–water partition coefficient (Wildman–Crippen LogP) is 7.15. The molecule has 0 N–H and O–H groups in total. The molecule has 0 radical (unpaired) electrons. The Morgan fingerprint density at radius 2 is 1.74 bits per heavy atom. The summed E-state index contributed by atoms with van der Waals surface area (Å²) in [4.78, 5) is 17.8. The number of amides is 2. The van der Waals surface area contributed by atoms with Gasteiger partial charge in [0.15, 0.2) is 11.5 Å². The molecule has 1 aliphatic rings. The van der Waals surface area contributed by atoms with E-state index >= 15 is 0 Å².